The van der Waals surface area contributed by atoms with Crippen molar-refractivity contribution in [2.75, 3.05) is 7.11 Å². The first kappa shape index (κ1) is 15.3. The average Bonchev–Trinajstić information content (AvgIpc) is 2.88. The Bertz CT molecular complexity index is 876. The zero-order chi connectivity index (χ0) is 16.4. The third kappa shape index (κ3) is 2.84. The zero-order valence-corrected chi connectivity index (χ0v) is 13.6. The van der Waals surface area contributed by atoms with Gasteiger partial charge in [0, 0.05) is 12.2 Å². The molecule has 0 unspecified atom stereocenters. The molecule has 2 heterocycles. The average molecular weight is 312 g/mol. The number of hydrogen-bond acceptors (Lipinski definition) is 4. The molecule has 0 aliphatic rings. The van der Waals surface area contributed by atoms with Crippen LogP contribution in [0, 0.1) is 13.8 Å². The SMILES string of the molecule is COc1cccc2ncn(CCCc3c(C)n[nH]c3C)c(=O)c12. The predicted octanol–water partition coefficient (Wildman–Crippen LogP) is 2.38. The van der Waals surface area contributed by atoms with Crippen molar-refractivity contribution in [3.63, 3.8) is 0 Å². The highest BCUT2D eigenvalue weighted by atomic mass is 16.5. The second-order valence-electron chi connectivity index (χ2n) is 5.61. The Morgan fingerprint density at radius 1 is 1.30 bits per heavy atom. The summed E-state index contributed by atoms with van der Waals surface area (Å²) in [6.45, 7) is 4.63. The van der Waals surface area contributed by atoms with Gasteiger partial charge in [0.2, 0.25) is 0 Å². The summed E-state index contributed by atoms with van der Waals surface area (Å²) < 4.78 is 6.94. The molecule has 6 heteroatoms. The Labute approximate surface area is 134 Å². The van der Waals surface area contributed by atoms with Crippen molar-refractivity contribution >= 4 is 10.9 Å². The van der Waals surface area contributed by atoms with Gasteiger partial charge in [-0.3, -0.25) is 14.5 Å². The molecule has 0 bridgehead atoms. The van der Waals surface area contributed by atoms with Crippen LogP contribution in [0.4, 0.5) is 0 Å². The molecule has 0 aliphatic heterocycles. The van der Waals surface area contributed by atoms with Gasteiger partial charge in [-0.25, -0.2) is 4.98 Å². The molecule has 0 atom stereocenters. The molecule has 0 amide bonds. The van der Waals surface area contributed by atoms with Crippen LogP contribution in [0.5, 0.6) is 5.75 Å². The summed E-state index contributed by atoms with van der Waals surface area (Å²) in [6, 6.07) is 5.44. The maximum atomic E-state index is 12.7. The summed E-state index contributed by atoms with van der Waals surface area (Å²) in [5.74, 6) is 0.566. The number of nitrogens with one attached hydrogen (secondary N) is 1. The first-order valence-electron chi connectivity index (χ1n) is 7.64. The van der Waals surface area contributed by atoms with Crippen molar-refractivity contribution in [1.29, 1.82) is 0 Å². The maximum absolute atomic E-state index is 12.7. The molecule has 23 heavy (non-hydrogen) atoms. The van der Waals surface area contributed by atoms with Crippen molar-refractivity contribution in [2.45, 2.75) is 33.2 Å². The standard InChI is InChI=1S/C17H20N4O2/c1-11-13(12(2)20-19-11)6-5-9-21-10-18-14-7-4-8-15(23-3)16(14)17(21)22/h4,7-8,10H,5-6,9H2,1-3H3,(H,19,20). The molecule has 0 radical (unpaired) electrons. The summed E-state index contributed by atoms with van der Waals surface area (Å²) in [6.07, 6.45) is 3.34. The smallest absolute Gasteiger partial charge is 0.264 e. The molecular formula is C17H20N4O2. The van der Waals surface area contributed by atoms with Crippen LogP contribution in [0.15, 0.2) is 29.3 Å². The van der Waals surface area contributed by atoms with Gasteiger partial charge >= 0.3 is 0 Å². The topological polar surface area (TPSA) is 72.8 Å². The van der Waals surface area contributed by atoms with Crippen LogP contribution in [-0.4, -0.2) is 26.9 Å². The van der Waals surface area contributed by atoms with Crippen LogP contribution in [-0.2, 0) is 13.0 Å². The van der Waals surface area contributed by atoms with E-state index in [0.717, 1.165) is 24.2 Å². The van der Waals surface area contributed by atoms with Crippen molar-refractivity contribution in [3.05, 3.63) is 51.8 Å². The van der Waals surface area contributed by atoms with Gasteiger partial charge in [-0.05, 0) is 44.4 Å². The van der Waals surface area contributed by atoms with Crippen LogP contribution in [0.3, 0.4) is 0 Å². The van der Waals surface area contributed by atoms with Crippen molar-refractivity contribution in [3.8, 4) is 5.75 Å². The van der Waals surface area contributed by atoms with E-state index in [0.29, 0.717) is 23.2 Å². The number of rotatable bonds is 5. The van der Waals surface area contributed by atoms with Gasteiger partial charge in [0.1, 0.15) is 11.1 Å². The summed E-state index contributed by atoms with van der Waals surface area (Å²) in [5, 5.41) is 7.72. The summed E-state index contributed by atoms with van der Waals surface area (Å²) in [7, 11) is 1.57. The van der Waals surface area contributed by atoms with E-state index in [9.17, 15) is 4.79 Å². The highest BCUT2D eigenvalue weighted by molar-refractivity contribution is 5.83. The highest BCUT2D eigenvalue weighted by Crippen LogP contribution is 2.20. The van der Waals surface area contributed by atoms with E-state index in [1.165, 1.54) is 5.56 Å². The fourth-order valence-electron chi connectivity index (χ4n) is 2.87. The number of nitrogens with zero attached hydrogens (tertiary/aromatic N) is 3. The number of fused-ring (bicyclic) bond motifs is 1. The lowest BCUT2D eigenvalue weighted by molar-refractivity contribution is 0.419. The lowest BCUT2D eigenvalue weighted by atomic mass is 10.1. The number of benzene rings is 1. The maximum Gasteiger partial charge on any atom is 0.264 e. The van der Waals surface area contributed by atoms with Gasteiger partial charge in [-0.1, -0.05) is 6.07 Å². The Kier molecular flexibility index (Phi) is 4.14. The van der Waals surface area contributed by atoms with Crippen LogP contribution in [0.25, 0.3) is 10.9 Å². The third-order valence-corrected chi connectivity index (χ3v) is 4.14. The normalized spacial score (nSPS) is 11.1. The number of ether oxygens (including phenoxy) is 1. The molecule has 0 saturated carbocycles. The van der Waals surface area contributed by atoms with Gasteiger partial charge in [-0.2, -0.15) is 5.10 Å². The number of aryl methyl sites for hydroxylation is 3. The molecule has 120 valence electrons. The minimum Gasteiger partial charge on any atom is -0.496 e. The molecular weight excluding hydrogens is 292 g/mol. The van der Waals surface area contributed by atoms with Crippen LogP contribution in [0.1, 0.15) is 23.4 Å². The molecule has 0 fully saturated rings. The van der Waals surface area contributed by atoms with E-state index < -0.39 is 0 Å². The molecule has 0 saturated heterocycles. The first-order chi connectivity index (χ1) is 11.1. The molecule has 0 aliphatic carbocycles. The highest BCUT2D eigenvalue weighted by Gasteiger charge is 2.10. The number of aromatic nitrogens is 4. The van der Waals surface area contributed by atoms with Crippen LogP contribution in [0.2, 0.25) is 0 Å². The molecule has 1 N–H and O–H groups in total. The third-order valence-electron chi connectivity index (χ3n) is 4.14. The van der Waals surface area contributed by atoms with Gasteiger partial charge in [0.05, 0.1) is 24.6 Å². The minimum absolute atomic E-state index is 0.0620. The van der Waals surface area contributed by atoms with Gasteiger partial charge in [0.15, 0.2) is 0 Å². The van der Waals surface area contributed by atoms with E-state index in [4.69, 9.17) is 4.74 Å². The largest absolute Gasteiger partial charge is 0.496 e. The van der Waals surface area contributed by atoms with E-state index >= 15 is 0 Å². The van der Waals surface area contributed by atoms with Crippen molar-refractivity contribution in [1.82, 2.24) is 19.7 Å². The number of hydrogen-bond donors (Lipinski definition) is 1. The van der Waals surface area contributed by atoms with Gasteiger partial charge < -0.3 is 4.74 Å². The molecule has 1 aromatic carbocycles. The number of H-pyrrole nitrogens is 1. The molecule has 0 spiro atoms. The Balaban J connectivity index is 1.84. The fourth-order valence-corrected chi connectivity index (χ4v) is 2.87. The zero-order valence-electron chi connectivity index (χ0n) is 13.6. The Morgan fingerprint density at radius 2 is 2.13 bits per heavy atom. The lowest BCUT2D eigenvalue weighted by Gasteiger charge is -2.09. The number of aromatic amines is 1. The second kappa shape index (κ2) is 6.24. The molecule has 2 aromatic heterocycles. The van der Waals surface area contributed by atoms with Gasteiger partial charge in [0.25, 0.3) is 5.56 Å². The lowest BCUT2D eigenvalue weighted by Crippen LogP contribution is -2.21. The van der Waals surface area contributed by atoms with E-state index in [2.05, 4.69) is 15.2 Å². The van der Waals surface area contributed by atoms with E-state index in [1.807, 2.05) is 26.0 Å². The molecule has 3 aromatic rings. The Morgan fingerprint density at radius 3 is 2.83 bits per heavy atom. The second-order valence-corrected chi connectivity index (χ2v) is 5.61. The van der Waals surface area contributed by atoms with Crippen LogP contribution >= 0.6 is 0 Å². The molecule has 6 nitrogen and oxygen atoms in total. The minimum atomic E-state index is -0.0620. The van der Waals surface area contributed by atoms with E-state index in [-0.39, 0.29) is 5.56 Å². The molecule has 3 rings (SSSR count). The fraction of sp³-hybridized carbons (Fsp3) is 0.353. The monoisotopic (exact) mass is 312 g/mol. The summed E-state index contributed by atoms with van der Waals surface area (Å²) in [5.41, 5.74) is 3.94. The summed E-state index contributed by atoms with van der Waals surface area (Å²) >= 11 is 0. The predicted molar refractivity (Wildman–Crippen MR) is 88.9 cm³/mol. The van der Waals surface area contributed by atoms with Gasteiger partial charge in [-0.15, -0.1) is 0 Å². The Hall–Kier alpha value is -2.63. The van der Waals surface area contributed by atoms with Crippen LogP contribution < -0.4 is 10.3 Å². The first-order valence-corrected chi connectivity index (χ1v) is 7.64. The summed E-state index contributed by atoms with van der Waals surface area (Å²) in [4.78, 5) is 17.0. The van der Waals surface area contributed by atoms with Crippen molar-refractivity contribution < 1.29 is 4.74 Å². The number of methoxy groups -OCH3 is 1. The van der Waals surface area contributed by atoms with E-state index in [1.54, 1.807) is 24.1 Å². The van der Waals surface area contributed by atoms with Crippen molar-refractivity contribution in [2.24, 2.45) is 0 Å². The quantitative estimate of drug-likeness (QED) is 0.785.